The summed E-state index contributed by atoms with van der Waals surface area (Å²) in [6, 6.07) is 8.74. The molecule has 0 fully saturated rings. The van der Waals surface area contributed by atoms with Gasteiger partial charge in [0.2, 0.25) is 0 Å². The summed E-state index contributed by atoms with van der Waals surface area (Å²) in [7, 11) is 0. The van der Waals surface area contributed by atoms with Crippen molar-refractivity contribution in [2.75, 3.05) is 6.54 Å². The molecule has 0 aliphatic rings. The molecule has 0 saturated heterocycles. The van der Waals surface area contributed by atoms with Crippen LogP contribution in [0, 0.1) is 6.92 Å². The van der Waals surface area contributed by atoms with Gasteiger partial charge in [0.15, 0.2) is 0 Å². The van der Waals surface area contributed by atoms with Gasteiger partial charge in [0.05, 0.1) is 4.34 Å². The van der Waals surface area contributed by atoms with E-state index in [4.69, 9.17) is 11.6 Å². The molecule has 0 aliphatic carbocycles. The van der Waals surface area contributed by atoms with E-state index in [-0.39, 0.29) is 11.7 Å². The number of halogens is 1. The first kappa shape index (κ1) is 13.9. The van der Waals surface area contributed by atoms with Crippen LogP contribution in [-0.4, -0.2) is 17.6 Å². The number of carbonyl (C=O) groups excluding carboxylic acids is 1. The number of thiophene rings is 1. The van der Waals surface area contributed by atoms with Gasteiger partial charge < -0.3 is 10.4 Å². The van der Waals surface area contributed by atoms with Crippen LogP contribution in [0.15, 0.2) is 30.3 Å². The lowest BCUT2D eigenvalue weighted by atomic mass is 10.1. The molecule has 100 valence electrons. The van der Waals surface area contributed by atoms with E-state index >= 15 is 0 Å². The Kier molecular flexibility index (Phi) is 4.45. The van der Waals surface area contributed by atoms with E-state index in [1.54, 1.807) is 25.1 Å². The van der Waals surface area contributed by atoms with Crippen molar-refractivity contribution in [1.29, 1.82) is 0 Å². The summed E-state index contributed by atoms with van der Waals surface area (Å²) in [5.74, 6) is -0.0336. The number of nitrogens with one attached hydrogen (secondary N) is 1. The van der Waals surface area contributed by atoms with E-state index in [0.29, 0.717) is 17.7 Å². The Hall–Kier alpha value is -1.52. The molecule has 3 nitrogen and oxygen atoms in total. The van der Waals surface area contributed by atoms with Gasteiger partial charge in [0.25, 0.3) is 5.91 Å². The molecule has 0 unspecified atom stereocenters. The predicted molar refractivity (Wildman–Crippen MR) is 78.2 cm³/mol. The minimum absolute atomic E-state index is 0.137. The predicted octanol–water partition coefficient (Wildman–Crippen LogP) is 3.39. The van der Waals surface area contributed by atoms with Gasteiger partial charge >= 0.3 is 0 Å². The molecular weight excluding hydrogens is 282 g/mol. The number of rotatable bonds is 4. The quantitative estimate of drug-likeness (QED) is 0.908. The maximum absolute atomic E-state index is 12.0. The first-order valence-corrected chi connectivity index (χ1v) is 7.08. The van der Waals surface area contributed by atoms with E-state index in [2.05, 4.69) is 5.32 Å². The molecular formula is C14H14ClNO2S. The third kappa shape index (κ3) is 3.49. The maximum Gasteiger partial charge on any atom is 0.251 e. The second-order valence-electron chi connectivity index (χ2n) is 4.16. The lowest BCUT2D eigenvalue weighted by Gasteiger charge is -2.08. The fraction of sp³-hybridized carbons (Fsp3) is 0.214. The number of benzene rings is 1. The molecule has 0 aliphatic heterocycles. The SMILES string of the molecule is Cc1c(O)cccc1C(=O)NCCc1ccc(Cl)s1. The van der Waals surface area contributed by atoms with Gasteiger partial charge in [-0.3, -0.25) is 4.79 Å². The Balaban J connectivity index is 1.93. The minimum atomic E-state index is -0.170. The summed E-state index contributed by atoms with van der Waals surface area (Å²) in [5.41, 5.74) is 1.10. The first-order valence-electron chi connectivity index (χ1n) is 5.89. The number of hydrogen-bond acceptors (Lipinski definition) is 3. The Morgan fingerprint density at radius 1 is 1.37 bits per heavy atom. The van der Waals surface area contributed by atoms with Crippen molar-refractivity contribution >= 4 is 28.8 Å². The van der Waals surface area contributed by atoms with Crippen LogP contribution in [-0.2, 0) is 6.42 Å². The fourth-order valence-corrected chi connectivity index (χ4v) is 2.84. The molecule has 2 aromatic rings. The first-order chi connectivity index (χ1) is 9.08. The van der Waals surface area contributed by atoms with Crippen LogP contribution in [0.1, 0.15) is 20.8 Å². The molecule has 0 spiro atoms. The van der Waals surface area contributed by atoms with Crippen molar-refractivity contribution in [2.45, 2.75) is 13.3 Å². The van der Waals surface area contributed by atoms with Crippen LogP contribution in [0.5, 0.6) is 5.75 Å². The highest BCUT2D eigenvalue weighted by molar-refractivity contribution is 7.16. The summed E-state index contributed by atoms with van der Waals surface area (Å²) in [6.45, 7) is 2.27. The number of aromatic hydroxyl groups is 1. The van der Waals surface area contributed by atoms with Crippen LogP contribution >= 0.6 is 22.9 Å². The topological polar surface area (TPSA) is 49.3 Å². The zero-order valence-corrected chi connectivity index (χ0v) is 12.0. The molecule has 2 rings (SSSR count). The zero-order valence-electron chi connectivity index (χ0n) is 10.4. The Labute approximate surface area is 120 Å². The number of amides is 1. The van der Waals surface area contributed by atoms with Crippen molar-refractivity contribution in [1.82, 2.24) is 5.32 Å². The van der Waals surface area contributed by atoms with E-state index in [9.17, 15) is 9.90 Å². The number of hydrogen-bond donors (Lipinski definition) is 2. The molecule has 0 atom stereocenters. The van der Waals surface area contributed by atoms with E-state index in [0.717, 1.165) is 15.6 Å². The summed E-state index contributed by atoms with van der Waals surface area (Å²) in [4.78, 5) is 13.1. The zero-order chi connectivity index (χ0) is 13.8. The molecule has 1 heterocycles. The van der Waals surface area contributed by atoms with Gasteiger partial charge in [-0.25, -0.2) is 0 Å². The third-order valence-electron chi connectivity index (χ3n) is 2.84. The van der Waals surface area contributed by atoms with E-state index in [1.165, 1.54) is 11.3 Å². The van der Waals surface area contributed by atoms with Crippen molar-refractivity contribution < 1.29 is 9.90 Å². The maximum atomic E-state index is 12.0. The summed E-state index contributed by atoms with van der Waals surface area (Å²) in [5, 5.41) is 12.4. The highest BCUT2D eigenvalue weighted by Gasteiger charge is 2.10. The van der Waals surface area contributed by atoms with Crippen LogP contribution < -0.4 is 5.32 Å². The molecule has 1 aromatic carbocycles. The normalized spacial score (nSPS) is 10.4. The highest BCUT2D eigenvalue weighted by Crippen LogP contribution is 2.22. The molecule has 1 amide bonds. The largest absolute Gasteiger partial charge is 0.508 e. The van der Waals surface area contributed by atoms with E-state index < -0.39 is 0 Å². The Bertz CT molecular complexity index is 595. The van der Waals surface area contributed by atoms with Gasteiger partial charge in [-0.15, -0.1) is 11.3 Å². The highest BCUT2D eigenvalue weighted by atomic mass is 35.5. The van der Waals surface area contributed by atoms with E-state index in [1.807, 2.05) is 12.1 Å². The van der Waals surface area contributed by atoms with Gasteiger partial charge in [0, 0.05) is 22.5 Å². The molecule has 0 bridgehead atoms. The van der Waals surface area contributed by atoms with Crippen molar-refractivity contribution in [3.8, 4) is 5.75 Å². The van der Waals surface area contributed by atoms with Crippen LogP contribution in [0.3, 0.4) is 0 Å². The molecule has 1 aromatic heterocycles. The van der Waals surface area contributed by atoms with Gasteiger partial charge in [-0.05, 0) is 37.6 Å². The summed E-state index contributed by atoms with van der Waals surface area (Å²) < 4.78 is 0.755. The molecule has 19 heavy (non-hydrogen) atoms. The van der Waals surface area contributed by atoms with Gasteiger partial charge in [0.1, 0.15) is 5.75 Å². The lowest BCUT2D eigenvalue weighted by molar-refractivity contribution is 0.0953. The van der Waals surface area contributed by atoms with Crippen molar-refractivity contribution in [3.63, 3.8) is 0 Å². The standard InChI is InChI=1S/C14H14ClNO2S/c1-9-11(3-2-4-12(9)17)14(18)16-8-7-10-5-6-13(15)19-10/h2-6,17H,7-8H2,1H3,(H,16,18). The van der Waals surface area contributed by atoms with Crippen molar-refractivity contribution in [2.24, 2.45) is 0 Å². The average molecular weight is 296 g/mol. The second kappa shape index (κ2) is 6.08. The molecule has 0 saturated carbocycles. The van der Waals surface area contributed by atoms with Crippen LogP contribution in [0.2, 0.25) is 4.34 Å². The number of carbonyl (C=O) groups is 1. The smallest absolute Gasteiger partial charge is 0.251 e. The monoisotopic (exact) mass is 295 g/mol. The minimum Gasteiger partial charge on any atom is -0.508 e. The van der Waals surface area contributed by atoms with Gasteiger partial charge in [-0.1, -0.05) is 17.7 Å². The van der Waals surface area contributed by atoms with Gasteiger partial charge in [-0.2, -0.15) is 0 Å². The van der Waals surface area contributed by atoms with Crippen LogP contribution in [0.4, 0.5) is 0 Å². The summed E-state index contributed by atoms with van der Waals surface area (Å²) >= 11 is 7.35. The number of phenolic OH excluding ortho intramolecular Hbond substituents is 1. The average Bonchev–Trinajstić information content (AvgIpc) is 2.78. The van der Waals surface area contributed by atoms with Crippen LogP contribution in [0.25, 0.3) is 0 Å². The third-order valence-corrected chi connectivity index (χ3v) is 4.13. The molecule has 5 heteroatoms. The molecule has 2 N–H and O–H groups in total. The lowest BCUT2D eigenvalue weighted by Crippen LogP contribution is -2.26. The summed E-state index contributed by atoms with van der Waals surface area (Å²) in [6.07, 6.45) is 0.751. The number of phenols is 1. The molecule has 0 radical (unpaired) electrons. The van der Waals surface area contributed by atoms with Crippen molar-refractivity contribution in [3.05, 3.63) is 50.7 Å². The Morgan fingerprint density at radius 3 is 2.84 bits per heavy atom. The second-order valence-corrected chi connectivity index (χ2v) is 5.96. The fourth-order valence-electron chi connectivity index (χ4n) is 1.75. The Morgan fingerprint density at radius 2 is 2.16 bits per heavy atom.